The molecule has 2 aromatic carbocycles. The lowest BCUT2D eigenvalue weighted by atomic mass is 10.2. The van der Waals surface area contributed by atoms with Gasteiger partial charge in [0.05, 0.1) is 12.6 Å². The minimum Gasteiger partial charge on any atom is -0.493 e. The lowest BCUT2D eigenvalue weighted by Gasteiger charge is -2.11. The van der Waals surface area contributed by atoms with Crippen molar-refractivity contribution in [3.8, 4) is 11.5 Å². The second kappa shape index (κ2) is 5.57. The molecule has 0 aliphatic heterocycles. The van der Waals surface area contributed by atoms with Crippen LogP contribution in [0.1, 0.15) is 5.56 Å². The maximum atomic E-state index is 5.84. The third-order valence-electron chi connectivity index (χ3n) is 3.03. The van der Waals surface area contributed by atoms with E-state index in [0.29, 0.717) is 18.1 Å². The van der Waals surface area contributed by atoms with Crippen LogP contribution < -0.4 is 9.47 Å². The number of aromatic nitrogens is 2. The number of fused-ring (bicyclic) bond motifs is 1. The topological polar surface area (TPSA) is 44.2 Å². The molecule has 0 unspecified atom stereocenters. The summed E-state index contributed by atoms with van der Waals surface area (Å²) in [6.07, 6.45) is 3.28. The zero-order valence-corrected chi connectivity index (χ0v) is 11.1. The van der Waals surface area contributed by atoms with Crippen LogP contribution in [0, 0.1) is 0 Å². The normalized spacial score (nSPS) is 10.4. The van der Waals surface area contributed by atoms with Gasteiger partial charge in [-0.15, -0.1) is 0 Å². The number of methoxy groups -OCH3 is 1. The summed E-state index contributed by atoms with van der Waals surface area (Å²) in [5.41, 5.74) is 1.95. The quantitative estimate of drug-likeness (QED) is 0.727. The van der Waals surface area contributed by atoms with Gasteiger partial charge in [0.25, 0.3) is 0 Å². The second-order valence-corrected chi connectivity index (χ2v) is 4.36. The molecule has 1 heterocycles. The highest BCUT2D eigenvalue weighted by molar-refractivity contribution is 5.81. The molecule has 0 saturated carbocycles. The van der Waals surface area contributed by atoms with Crippen LogP contribution in [0.15, 0.2) is 55.0 Å². The van der Waals surface area contributed by atoms with Crippen LogP contribution in [0.4, 0.5) is 0 Å². The van der Waals surface area contributed by atoms with Gasteiger partial charge in [0.15, 0.2) is 11.5 Å². The maximum absolute atomic E-state index is 5.84. The fraction of sp³-hybridized carbons (Fsp3) is 0.125. The van der Waals surface area contributed by atoms with E-state index in [0.717, 1.165) is 16.5 Å². The molecule has 0 fully saturated rings. The molecule has 3 aromatic rings. The van der Waals surface area contributed by atoms with Crippen molar-refractivity contribution in [2.45, 2.75) is 6.61 Å². The first-order chi connectivity index (χ1) is 9.86. The van der Waals surface area contributed by atoms with E-state index in [1.807, 2.05) is 42.5 Å². The monoisotopic (exact) mass is 266 g/mol. The van der Waals surface area contributed by atoms with Gasteiger partial charge in [0.1, 0.15) is 12.9 Å². The number of hydrogen-bond acceptors (Lipinski definition) is 4. The number of ether oxygens (including phenoxy) is 2. The fourth-order valence-corrected chi connectivity index (χ4v) is 2.00. The molecule has 0 saturated heterocycles. The maximum Gasteiger partial charge on any atom is 0.163 e. The SMILES string of the molecule is COc1cc2cncnc2cc1OCc1ccccc1. The summed E-state index contributed by atoms with van der Waals surface area (Å²) in [4.78, 5) is 8.23. The molecule has 0 bridgehead atoms. The molecule has 0 amide bonds. The predicted octanol–water partition coefficient (Wildman–Crippen LogP) is 3.22. The van der Waals surface area contributed by atoms with Gasteiger partial charge >= 0.3 is 0 Å². The first kappa shape index (κ1) is 12.4. The van der Waals surface area contributed by atoms with Gasteiger partial charge in [0.2, 0.25) is 0 Å². The molecule has 0 aliphatic rings. The summed E-state index contributed by atoms with van der Waals surface area (Å²) in [6.45, 7) is 0.494. The average molecular weight is 266 g/mol. The number of nitrogens with zero attached hydrogens (tertiary/aromatic N) is 2. The molecule has 4 nitrogen and oxygen atoms in total. The molecular weight excluding hydrogens is 252 g/mol. The molecule has 4 heteroatoms. The summed E-state index contributed by atoms with van der Waals surface area (Å²) < 4.78 is 11.2. The van der Waals surface area contributed by atoms with Gasteiger partial charge in [0, 0.05) is 17.6 Å². The molecule has 0 radical (unpaired) electrons. The molecule has 3 rings (SSSR count). The van der Waals surface area contributed by atoms with Crippen molar-refractivity contribution in [1.29, 1.82) is 0 Å². The number of hydrogen-bond donors (Lipinski definition) is 0. The Labute approximate surface area is 117 Å². The van der Waals surface area contributed by atoms with E-state index >= 15 is 0 Å². The van der Waals surface area contributed by atoms with Crippen LogP contribution in [-0.4, -0.2) is 17.1 Å². The fourth-order valence-electron chi connectivity index (χ4n) is 2.00. The third kappa shape index (κ3) is 2.54. The standard InChI is InChI=1S/C16H14N2O2/c1-19-15-7-13-9-17-11-18-14(13)8-16(15)20-10-12-5-3-2-4-6-12/h2-9,11H,10H2,1H3. The predicted molar refractivity (Wildman–Crippen MR) is 76.9 cm³/mol. The van der Waals surface area contributed by atoms with Crippen LogP contribution in [0.25, 0.3) is 10.9 Å². The highest BCUT2D eigenvalue weighted by Crippen LogP contribution is 2.31. The zero-order valence-electron chi connectivity index (χ0n) is 11.1. The van der Waals surface area contributed by atoms with Gasteiger partial charge in [-0.2, -0.15) is 0 Å². The Balaban J connectivity index is 1.90. The summed E-state index contributed by atoms with van der Waals surface area (Å²) in [5, 5.41) is 0.927. The smallest absolute Gasteiger partial charge is 0.163 e. The molecule has 0 aliphatic carbocycles. The Morgan fingerprint density at radius 1 is 1.05 bits per heavy atom. The number of benzene rings is 2. The van der Waals surface area contributed by atoms with Crippen LogP contribution in [0.3, 0.4) is 0 Å². The van der Waals surface area contributed by atoms with Crippen LogP contribution >= 0.6 is 0 Å². The Morgan fingerprint density at radius 2 is 1.90 bits per heavy atom. The first-order valence-electron chi connectivity index (χ1n) is 6.31. The van der Waals surface area contributed by atoms with Gasteiger partial charge in [-0.05, 0) is 11.6 Å². The first-order valence-corrected chi connectivity index (χ1v) is 6.31. The molecule has 1 aromatic heterocycles. The van der Waals surface area contributed by atoms with E-state index in [1.54, 1.807) is 13.3 Å². The average Bonchev–Trinajstić information content (AvgIpc) is 2.53. The Bertz CT molecular complexity index is 714. The minimum absolute atomic E-state index is 0.494. The Morgan fingerprint density at radius 3 is 2.70 bits per heavy atom. The van der Waals surface area contributed by atoms with Crippen molar-refractivity contribution < 1.29 is 9.47 Å². The molecule has 0 spiro atoms. The van der Waals surface area contributed by atoms with Gasteiger partial charge < -0.3 is 9.47 Å². The van der Waals surface area contributed by atoms with Crippen molar-refractivity contribution in [1.82, 2.24) is 9.97 Å². The third-order valence-corrected chi connectivity index (χ3v) is 3.03. The Hall–Kier alpha value is -2.62. The van der Waals surface area contributed by atoms with Crippen molar-refractivity contribution in [3.63, 3.8) is 0 Å². The van der Waals surface area contributed by atoms with Crippen molar-refractivity contribution >= 4 is 10.9 Å². The van der Waals surface area contributed by atoms with Crippen molar-refractivity contribution in [2.75, 3.05) is 7.11 Å². The van der Waals surface area contributed by atoms with E-state index in [1.165, 1.54) is 6.33 Å². The van der Waals surface area contributed by atoms with Crippen LogP contribution in [0.5, 0.6) is 11.5 Å². The Kier molecular flexibility index (Phi) is 3.46. The van der Waals surface area contributed by atoms with Crippen molar-refractivity contribution in [3.05, 3.63) is 60.6 Å². The summed E-state index contributed by atoms with van der Waals surface area (Å²) in [6, 6.07) is 13.8. The van der Waals surface area contributed by atoms with E-state index in [4.69, 9.17) is 9.47 Å². The van der Waals surface area contributed by atoms with E-state index in [2.05, 4.69) is 9.97 Å². The van der Waals surface area contributed by atoms with Gasteiger partial charge in [-0.3, -0.25) is 0 Å². The zero-order chi connectivity index (χ0) is 13.8. The van der Waals surface area contributed by atoms with Crippen LogP contribution in [0.2, 0.25) is 0 Å². The van der Waals surface area contributed by atoms with E-state index < -0.39 is 0 Å². The highest BCUT2D eigenvalue weighted by atomic mass is 16.5. The molecule has 100 valence electrons. The molecular formula is C16H14N2O2. The van der Waals surface area contributed by atoms with Gasteiger partial charge in [-0.25, -0.2) is 9.97 Å². The second-order valence-electron chi connectivity index (χ2n) is 4.36. The lowest BCUT2D eigenvalue weighted by Crippen LogP contribution is -1.98. The lowest BCUT2D eigenvalue weighted by molar-refractivity contribution is 0.285. The number of rotatable bonds is 4. The summed E-state index contributed by atoms with van der Waals surface area (Å²) >= 11 is 0. The van der Waals surface area contributed by atoms with Crippen molar-refractivity contribution in [2.24, 2.45) is 0 Å². The van der Waals surface area contributed by atoms with E-state index in [-0.39, 0.29) is 0 Å². The molecule has 0 N–H and O–H groups in total. The summed E-state index contributed by atoms with van der Waals surface area (Å²) in [5.74, 6) is 1.37. The largest absolute Gasteiger partial charge is 0.493 e. The van der Waals surface area contributed by atoms with E-state index in [9.17, 15) is 0 Å². The summed E-state index contributed by atoms with van der Waals surface area (Å²) in [7, 11) is 1.63. The van der Waals surface area contributed by atoms with Gasteiger partial charge in [-0.1, -0.05) is 30.3 Å². The highest BCUT2D eigenvalue weighted by Gasteiger charge is 2.08. The molecule has 0 atom stereocenters. The molecule has 20 heavy (non-hydrogen) atoms. The van der Waals surface area contributed by atoms with Crippen LogP contribution in [-0.2, 0) is 6.61 Å². The minimum atomic E-state index is 0.494.